The first-order valence-corrected chi connectivity index (χ1v) is 10.0. The predicted molar refractivity (Wildman–Crippen MR) is 89.9 cm³/mol. The highest BCUT2D eigenvalue weighted by Gasteiger charge is 2.31. The lowest BCUT2D eigenvalue weighted by Crippen LogP contribution is -2.48. The summed E-state index contributed by atoms with van der Waals surface area (Å²) in [6.07, 6.45) is 2.64. The molecule has 1 aromatic carbocycles. The zero-order chi connectivity index (χ0) is 17.9. The number of carbonyl (C=O) groups excluding carboxylic acids is 1. The summed E-state index contributed by atoms with van der Waals surface area (Å²) in [7, 11) is -3.61. The molecule has 1 amide bonds. The highest BCUT2D eigenvalue weighted by Crippen LogP contribution is 2.22. The number of nitrogens with zero attached hydrogens (tertiary/aromatic N) is 1. The number of halogens is 1. The standard InChI is InChI=1S/C17H23FN2O4S/c18-14-1-3-16(4-2-14)25(22,23)20-9-5-15(6-10-20)19-17(21)13-7-11-24-12-8-13/h1-4,13,15H,5-12H2,(H,19,21). The van der Waals surface area contributed by atoms with Crippen LogP contribution in [0.15, 0.2) is 29.2 Å². The number of hydrogen-bond acceptors (Lipinski definition) is 4. The number of rotatable bonds is 4. The van der Waals surface area contributed by atoms with E-state index in [0.717, 1.165) is 25.0 Å². The highest BCUT2D eigenvalue weighted by molar-refractivity contribution is 7.89. The molecule has 0 atom stereocenters. The summed E-state index contributed by atoms with van der Waals surface area (Å²) < 4.78 is 44.8. The second kappa shape index (κ2) is 7.80. The Morgan fingerprint density at radius 2 is 1.68 bits per heavy atom. The first kappa shape index (κ1) is 18.3. The fourth-order valence-corrected chi connectivity index (χ4v) is 4.74. The highest BCUT2D eigenvalue weighted by atomic mass is 32.2. The van der Waals surface area contributed by atoms with Crippen molar-refractivity contribution < 1.29 is 22.3 Å². The van der Waals surface area contributed by atoms with E-state index in [2.05, 4.69) is 5.32 Å². The van der Waals surface area contributed by atoms with Crippen LogP contribution in [-0.2, 0) is 19.6 Å². The summed E-state index contributed by atoms with van der Waals surface area (Å²) in [5.74, 6) is -0.425. The van der Waals surface area contributed by atoms with Gasteiger partial charge in [-0.25, -0.2) is 12.8 Å². The normalized spacial score (nSPS) is 21.2. The number of ether oxygens (including phenoxy) is 1. The average molecular weight is 370 g/mol. The number of benzene rings is 1. The summed E-state index contributed by atoms with van der Waals surface area (Å²) in [5, 5.41) is 3.04. The van der Waals surface area contributed by atoms with E-state index in [1.54, 1.807) is 0 Å². The van der Waals surface area contributed by atoms with E-state index < -0.39 is 15.8 Å². The van der Waals surface area contributed by atoms with Crippen LogP contribution in [0.2, 0.25) is 0 Å². The molecular weight excluding hydrogens is 347 g/mol. The van der Waals surface area contributed by atoms with E-state index in [-0.39, 0.29) is 22.8 Å². The van der Waals surface area contributed by atoms with Crippen molar-refractivity contribution in [2.45, 2.75) is 36.6 Å². The van der Waals surface area contributed by atoms with E-state index in [4.69, 9.17) is 4.74 Å². The van der Waals surface area contributed by atoms with E-state index in [9.17, 15) is 17.6 Å². The number of piperidine rings is 1. The van der Waals surface area contributed by atoms with Crippen LogP contribution in [0.4, 0.5) is 4.39 Å². The molecule has 0 unspecified atom stereocenters. The summed E-state index contributed by atoms with van der Waals surface area (Å²) in [4.78, 5) is 12.4. The Kier molecular flexibility index (Phi) is 5.71. The minimum absolute atomic E-state index is 0.00462. The van der Waals surface area contributed by atoms with Gasteiger partial charge in [-0.1, -0.05) is 0 Å². The summed E-state index contributed by atoms with van der Waals surface area (Å²) in [6, 6.07) is 4.85. The van der Waals surface area contributed by atoms with Crippen molar-refractivity contribution in [1.82, 2.24) is 9.62 Å². The largest absolute Gasteiger partial charge is 0.381 e. The number of amides is 1. The van der Waals surface area contributed by atoms with E-state index in [1.807, 2.05) is 0 Å². The maximum absolute atomic E-state index is 13.0. The molecule has 2 heterocycles. The minimum Gasteiger partial charge on any atom is -0.381 e. The quantitative estimate of drug-likeness (QED) is 0.872. The van der Waals surface area contributed by atoms with E-state index in [0.29, 0.717) is 39.1 Å². The maximum atomic E-state index is 13.0. The molecule has 2 saturated heterocycles. The number of hydrogen-bond donors (Lipinski definition) is 1. The fraction of sp³-hybridized carbons (Fsp3) is 0.588. The van der Waals surface area contributed by atoms with Crippen LogP contribution in [-0.4, -0.2) is 51.0 Å². The lowest BCUT2D eigenvalue weighted by molar-refractivity contribution is -0.128. The maximum Gasteiger partial charge on any atom is 0.243 e. The van der Waals surface area contributed by atoms with Crippen LogP contribution in [0, 0.1) is 11.7 Å². The van der Waals surface area contributed by atoms with Gasteiger partial charge in [0.15, 0.2) is 0 Å². The Bertz CT molecular complexity index is 694. The molecule has 8 heteroatoms. The Labute approximate surface area is 147 Å². The average Bonchev–Trinajstić information content (AvgIpc) is 2.63. The third kappa shape index (κ3) is 4.37. The number of carbonyl (C=O) groups is 1. The van der Waals surface area contributed by atoms with Gasteiger partial charge in [-0.15, -0.1) is 0 Å². The molecule has 1 aromatic rings. The van der Waals surface area contributed by atoms with Crippen LogP contribution in [0.25, 0.3) is 0 Å². The fourth-order valence-electron chi connectivity index (χ4n) is 3.27. The Morgan fingerprint density at radius 3 is 2.28 bits per heavy atom. The molecule has 0 saturated carbocycles. The van der Waals surface area contributed by atoms with Crippen molar-refractivity contribution in [2.75, 3.05) is 26.3 Å². The monoisotopic (exact) mass is 370 g/mol. The van der Waals surface area contributed by atoms with Gasteiger partial charge in [-0.05, 0) is 49.9 Å². The predicted octanol–water partition coefficient (Wildman–Crippen LogP) is 1.52. The van der Waals surface area contributed by atoms with Crippen molar-refractivity contribution in [2.24, 2.45) is 5.92 Å². The van der Waals surface area contributed by atoms with Crippen molar-refractivity contribution in [3.05, 3.63) is 30.1 Å². The van der Waals surface area contributed by atoms with Crippen LogP contribution in [0.1, 0.15) is 25.7 Å². The molecule has 2 fully saturated rings. The summed E-state index contributed by atoms with van der Waals surface area (Å²) in [5.41, 5.74) is 0. The SMILES string of the molecule is O=C(NC1CCN(S(=O)(=O)c2ccc(F)cc2)CC1)C1CCOCC1. The second-order valence-electron chi connectivity index (χ2n) is 6.53. The van der Waals surface area contributed by atoms with Gasteiger partial charge in [0, 0.05) is 38.3 Å². The molecule has 6 nitrogen and oxygen atoms in total. The third-order valence-electron chi connectivity index (χ3n) is 4.84. The van der Waals surface area contributed by atoms with Crippen LogP contribution >= 0.6 is 0 Å². The van der Waals surface area contributed by atoms with Crippen molar-refractivity contribution >= 4 is 15.9 Å². The van der Waals surface area contributed by atoms with E-state index >= 15 is 0 Å². The molecule has 0 bridgehead atoms. The van der Waals surface area contributed by atoms with Crippen molar-refractivity contribution in [1.29, 1.82) is 0 Å². The third-order valence-corrected chi connectivity index (χ3v) is 6.76. The van der Waals surface area contributed by atoms with Gasteiger partial charge >= 0.3 is 0 Å². The molecular formula is C17H23FN2O4S. The van der Waals surface area contributed by atoms with Gasteiger partial charge < -0.3 is 10.1 Å². The Balaban J connectivity index is 1.54. The van der Waals surface area contributed by atoms with E-state index in [1.165, 1.54) is 16.4 Å². The van der Waals surface area contributed by atoms with Crippen molar-refractivity contribution in [3.8, 4) is 0 Å². The number of sulfonamides is 1. The first-order chi connectivity index (χ1) is 12.0. The van der Waals surface area contributed by atoms with Crippen LogP contribution in [0.5, 0.6) is 0 Å². The molecule has 0 radical (unpaired) electrons. The molecule has 2 aliphatic rings. The lowest BCUT2D eigenvalue weighted by atomic mass is 9.98. The van der Waals surface area contributed by atoms with Crippen LogP contribution < -0.4 is 5.32 Å². The van der Waals surface area contributed by atoms with Crippen LogP contribution in [0.3, 0.4) is 0 Å². The topological polar surface area (TPSA) is 75.7 Å². The molecule has 0 aromatic heterocycles. The number of nitrogens with one attached hydrogen (secondary N) is 1. The second-order valence-corrected chi connectivity index (χ2v) is 8.47. The smallest absolute Gasteiger partial charge is 0.243 e. The Morgan fingerprint density at radius 1 is 1.08 bits per heavy atom. The minimum atomic E-state index is -3.61. The van der Waals surface area contributed by atoms with Gasteiger partial charge in [0.05, 0.1) is 4.90 Å². The first-order valence-electron chi connectivity index (χ1n) is 8.60. The molecule has 138 valence electrons. The Hall–Kier alpha value is -1.51. The molecule has 25 heavy (non-hydrogen) atoms. The van der Waals surface area contributed by atoms with Gasteiger partial charge in [-0.3, -0.25) is 4.79 Å². The van der Waals surface area contributed by atoms with Crippen molar-refractivity contribution in [3.63, 3.8) is 0 Å². The molecule has 1 N–H and O–H groups in total. The van der Waals surface area contributed by atoms with Gasteiger partial charge in [0.1, 0.15) is 5.82 Å². The zero-order valence-electron chi connectivity index (χ0n) is 14.0. The molecule has 2 aliphatic heterocycles. The van der Waals surface area contributed by atoms with Gasteiger partial charge in [-0.2, -0.15) is 4.31 Å². The lowest BCUT2D eigenvalue weighted by Gasteiger charge is -2.32. The molecule has 0 spiro atoms. The summed E-state index contributed by atoms with van der Waals surface area (Å²) in [6.45, 7) is 1.93. The summed E-state index contributed by atoms with van der Waals surface area (Å²) >= 11 is 0. The van der Waals surface area contributed by atoms with Gasteiger partial charge in [0.2, 0.25) is 15.9 Å². The molecule has 3 rings (SSSR count). The zero-order valence-corrected chi connectivity index (χ0v) is 14.8. The van der Waals surface area contributed by atoms with Gasteiger partial charge in [0.25, 0.3) is 0 Å². The molecule has 0 aliphatic carbocycles.